The van der Waals surface area contributed by atoms with Gasteiger partial charge in [0.05, 0.1) is 0 Å². The standard InChI is InChI=1S/C26H34O2/c1-7-11-15-17-21(5)25(23(27)19-13-9-3)26(24(28)20-14-10-4)22(6)18-16-12-8-2/h7-8,11-20,27-28H,5-6,9-10H2,1-4H3/b11-7-,12-8-,17-15-,18-16-,19-13-,20-14-,25-23-,26-24-. The van der Waals surface area contributed by atoms with E-state index in [0.717, 1.165) is 12.8 Å². The van der Waals surface area contributed by atoms with E-state index in [2.05, 4.69) is 13.2 Å². The first-order valence-corrected chi connectivity index (χ1v) is 9.61. The second kappa shape index (κ2) is 15.1. The van der Waals surface area contributed by atoms with Crippen LogP contribution in [-0.4, -0.2) is 10.2 Å². The molecule has 2 nitrogen and oxygen atoms in total. The summed E-state index contributed by atoms with van der Waals surface area (Å²) in [7, 11) is 0. The van der Waals surface area contributed by atoms with Gasteiger partial charge in [-0.1, -0.05) is 87.8 Å². The van der Waals surface area contributed by atoms with Crippen LogP contribution in [0.25, 0.3) is 0 Å². The molecule has 0 heterocycles. The molecule has 2 heteroatoms. The first-order valence-electron chi connectivity index (χ1n) is 9.61. The Morgan fingerprint density at radius 1 is 0.643 bits per heavy atom. The third-order valence-electron chi connectivity index (χ3n) is 3.63. The first-order chi connectivity index (χ1) is 13.4. The summed E-state index contributed by atoms with van der Waals surface area (Å²) in [5.41, 5.74) is 2.03. The molecule has 0 saturated heterocycles. The third-order valence-corrected chi connectivity index (χ3v) is 3.63. The van der Waals surface area contributed by atoms with Gasteiger partial charge in [0.15, 0.2) is 0 Å². The summed E-state index contributed by atoms with van der Waals surface area (Å²) < 4.78 is 0. The van der Waals surface area contributed by atoms with Gasteiger partial charge in [0, 0.05) is 11.1 Å². The SMILES string of the molecule is C=C(/C=C\C=C/C)C(=C(O)\C=C/CC)/C(C(=C)/C=C\C=C/C)=C(O)/C=C\CC. The second-order valence-corrected chi connectivity index (χ2v) is 5.96. The van der Waals surface area contributed by atoms with Crippen molar-refractivity contribution in [3.8, 4) is 0 Å². The normalized spacial score (nSPS) is 14.9. The molecule has 0 aromatic heterocycles. The van der Waals surface area contributed by atoms with Crippen LogP contribution in [-0.2, 0) is 0 Å². The molecule has 2 N–H and O–H groups in total. The fourth-order valence-corrected chi connectivity index (χ4v) is 2.26. The zero-order valence-electron chi connectivity index (χ0n) is 17.7. The number of allylic oxidation sites excluding steroid dienone is 16. The molecule has 0 saturated carbocycles. The van der Waals surface area contributed by atoms with Crippen molar-refractivity contribution in [1.82, 2.24) is 0 Å². The summed E-state index contributed by atoms with van der Waals surface area (Å²) >= 11 is 0. The monoisotopic (exact) mass is 378 g/mol. The lowest BCUT2D eigenvalue weighted by atomic mass is 9.90. The molecule has 0 rings (SSSR count). The Morgan fingerprint density at radius 3 is 1.29 bits per heavy atom. The van der Waals surface area contributed by atoms with Crippen LogP contribution in [0.1, 0.15) is 40.5 Å². The maximum absolute atomic E-state index is 10.8. The van der Waals surface area contributed by atoms with E-state index in [0.29, 0.717) is 22.3 Å². The van der Waals surface area contributed by atoms with Crippen LogP contribution in [0.2, 0.25) is 0 Å². The van der Waals surface area contributed by atoms with E-state index >= 15 is 0 Å². The van der Waals surface area contributed by atoms with Crippen molar-refractivity contribution in [1.29, 1.82) is 0 Å². The number of hydrogen-bond donors (Lipinski definition) is 2. The van der Waals surface area contributed by atoms with Gasteiger partial charge in [-0.3, -0.25) is 0 Å². The molecule has 0 aliphatic heterocycles. The number of hydrogen-bond acceptors (Lipinski definition) is 2. The lowest BCUT2D eigenvalue weighted by Crippen LogP contribution is -2.02. The lowest BCUT2D eigenvalue weighted by Gasteiger charge is -2.16. The molecule has 28 heavy (non-hydrogen) atoms. The van der Waals surface area contributed by atoms with Gasteiger partial charge >= 0.3 is 0 Å². The molecular weight excluding hydrogens is 344 g/mol. The number of aliphatic hydroxyl groups is 2. The fourth-order valence-electron chi connectivity index (χ4n) is 2.26. The summed E-state index contributed by atoms with van der Waals surface area (Å²) in [6.45, 7) is 16.0. The minimum atomic E-state index is 0.0315. The molecule has 0 amide bonds. The number of aliphatic hydroxyl groups excluding tert-OH is 2. The Balaban J connectivity index is 6.68. The maximum Gasteiger partial charge on any atom is 0.123 e. The molecule has 0 spiro atoms. The van der Waals surface area contributed by atoms with E-state index in [9.17, 15) is 10.2 Å². The molecule has 0 aromatic carbocycles. The van der Waals surface area contributed by atoms with E-state index in [1.54, 1.807) is 24.3 Å². The minimum absolute atomic E-state index is 0.0315. The van der Waals surface area contributed by atoms with Crippen molar-refractivity contribution < 1.29 is 10.2 Å². The van der Waals surface area contributed by atoms with Crippen molar-refractivity contribution >= 4 is 0 Å². The van der Waals surface area contributed by atoms with Crippen LogP contribution in [0.15, 0.2) is 120 Å². The zero-order chi connectivity index (χ0) is 21.4. The third kappa shape index (κ3) is 9.09. The van der Waals surface area contributed by atoms with Crippen molar-refractivity contribution in [3.05, 3.63) is 120 Å². The molecule has 0 aliphatic carbocycles. The highest BCUT2D eigenvalue weighted by Crippen LogP contribution is 2.31. The van der Waals surface area contributed by atoms with Gasteiger partial charge in [-0.15, -0.1) is 0 Å². The molecule has 0 fully saturated rings. The molecule has 0 radical (unpaired) electrons. The van der Waals surface area contributed by atoms with E-state index in [-0.39, 0.29) is 11.5 Å². The summed E-state index contributed by atoms with van der Waals surface area (Å²) in [6, 6.07) is 0. The smallest absolute Gasteiger partial charge is 0.123 e. The Labute approximate surface area is 171 Å². The van der Waals surface area contributed by atoms with Crippen LogP contribution in [0.5, 0.6) is 0 Å². The van der Waals surface area contributed by atoms with E-state index in [1.807, 2.05) is 76.3 Å². The van der Waals surface area contributed by atoms with Crippen molar-refractivity contribution in [2.24, 2.45) is 0 Å². The highest BCUT2D eigenvalue weighted by atomic mass is 16.3. The van der Waals surface area contributed by atoms with Gasteiger partial charge < -0.3 is 10.2 Å². The van der Waals surface area contributed by atoms with Crippen molar-refractivity contribution in [2.75, 3.05) is 0 Å². The fraction of sp³-hybridized carbons (Fsp3) is 0.231. The predicted octanol–water partition coefficient (Wildman–Crippen LogP) is 7.92. The van der Waals surface area contributed by atoms with E-state index in [4.69, 9.17) is 0 Å². The van der Waals surface area contributed by atoms with Gasteiger partial charge in [-0.2, -0.15) is 0 Å². The Morgan fingerprint density at radius 2 is 1.00 bits per heavy atom. The van der Waals surface area contributed by atoms with Crippen LogP contribution >= 0.6 is 0 Å². The molecule has 0 unspecified atom stereocenters. The molecule has 0 aliphatic rings. The summed E-state index contributed by atoms with van der Waals surface area (Å²) in [6.07, 6.45) is 23.4. The summed E-state index contributed by atoms with van der Waals surface area (Å²) in [5, 5.41) is 21.5. The highest BCUT2D eigenvalue weighted by Gasteiger charge is 2.18. The minimum Gasteiger partial charge on any atom is -0.507 e. The average Bonchev–Trinajstić information content (AvgIpc) is 2.68. The largest absolute Gasteiger partial charge is 0.507 e. The van der Waals surface area contributed by atoms with Crippen LogP contribution < -0.4 is 0 Å². The number of rotatable bonds is 11. The molecule has 0 atom stereocenters. The molecular formula is C26H34O2. The van der Waals surface area contributed by atoms with E-state index < -0.39 is 0 Å². The van der Waals surface area contributed by atoms with Crippen LogP contribution in [0.3, 0.4) is 0 Å². The molecule has 0 bridgehead atoms. The Bertz CT molecular complexity index is 694. The zero-order valence-corrected chi connectivity index (χ0v) is 17.7. The van der Waals surface area contributed by atoms with Gasteiger partial charge in [-0.25, -0.2) is 0 Å². The van der Waals surface area contributed by atoms with Crippen LogP contribution in [0, 0.1) is 0 Å². The van der Waals surface area contributed by atoms with Crippen LogP contribution in [0.4, 0.5) is 0 Å². The lowest BCUT2D eigenvalue weighted by molar-refractivity contribution is 0.417. The second-order valence-electron chi connectivity index (χ2n) is 5.96. The maximum atomic E-state index is 10.8. The highest BCUT2D eigenvalue weighted by molar-refractivity contribution is 5.64. The quantitative estimate of drug-likeness (QED) is 0.283. The molecule has 0 aromatic rings. The van der Waals surface area contributed by atoms with Gasteiger partial charge in [0.1, 0.15) is 11.5 Å². The van der Waals surface area contributed by atoms with Gasteiger partial charge in [-0.05, 0) is 50.0 Å². The van der Waals surface area contributed by atoms with Gasteiger partial charge in [0.2, 0.25) is 0 Å². The first kappa shape index (κ1) is 25.0. The predicted molar refractivity (Wildman–Crippen MR) is 124 cm³/mol. The summed E-state index contributed by atoms with van der Waals surface area (Å²) in [4.78, 5) is 0. The summed E-state index contributed by atoms with van der Waals surface area (Å²) in [5.74, 6) is 0.0630. The van der Waals surface area contributed by atoms with E-state index in [1.165, 1.54) is 0 Å². The van der Waals surface area contributed by atoms with Gasteiger partial charge in [0.25, 0.3) is 0 Å². The average molecular weight is 379 g/mol. The van der Waals surface area contributed by atoms with Crippen molar-refractivity contribution in [2.45, 2.75) is 40.5 Å². The topological polar surface area (TPSA) is 40.5 Å². The molecule has 150 valence electrons. The Kier molecular flexibility index (Phi) is 13.5. The van der Waals surface area contributed by atoms with Crippen molar-refractivity contribution in [3.63, 3.8) is 0 Å². The Hall–Kier alpha value is -3.00.